The molecule has 7 nitrogen and oxygen atoms in total. The molecule has 1 aromatic rings. The van der Waals surface area contributed by atoms with E-state index in [-0.39, 0.29) is 5.91 Å². The normalized spacial score (nSPS) is 22.0. The fraction of sp³-hybridized carbons (Fsp3) is 0.714. The number of likely N-dealkylation sites (tertiary alicyclic amines) is 1. The number of hydrogen-bond donors (Lipinski definition) is 2. The van der Waals surface area contributed by atoms with Crippen molar-refractivity contribution in [1.29, 1.82) is 0 Å². The lowest BCUT2D eigenvalue weighted by Crippen LogP contribution is -2.45. The number of carbonyl (C=O) groups excluding carboxylic acids is 1. The second kappa shape index (κ2) is 5.93. The Balaban J connectivity index is 1.55. The van der Waals surface area contributed by atoms with Crippen molar-refractivity contribution < 1.29 is 9.90 Å². The predicted molar refractivity (Wildman–Crippen MR) is 75.1 cm³/mol. The second-order valence-electron chi connectivity index (χ2n) is 5.93. The van der Waals surface area contributed by atoms with Crippen molar-refractivity contribution in [3.63, 3.8) is 0 Å². The quantitative estimate of drug-likeness (QED) is 0.807. The summed E-state index contributed by atoms with van der Waals surface area (Å²) in [5, 5.41) is 24.1. The topological polar surface area (TPSA) is 95.0 Å². The summed E-state index contributed by atoms with van der Waals surface area (Å²) in [5.41, 5.74) is 0.207. The number of amides is 1. The number of allylic oxidation sites excluding steroid dienone is 1. The zero-order valence-electron chi connectivity index (χ0n) is 12.1. The molecular formula is C14H21N5O2. The van der Waals surface area contributed by atoms with Gasteiger partial charge in [0.1, 0.15) is 5.60 Å². The minimum Gasteiger partial charge on any atom is -0.382 e. The Hall–Kier alpha value is -1.76. The smallest absolute Gasteiger partial charge is 0.226 e. The molecule has 0 bridgehead atoms. The molecule has 1 aromatic heterocycles. The average Bonchev–Trinajstić information content (AvgIpc) is 3.04. The number of piperidine rings is 1. The van der Waals surface area contributed by atoms with Crippen LogP contribution in [0.3, 0.4) is 0 Å². The van der Waals surface area contributed by atoms with Gasteiger partial charge in [-0.2, -0.15) is 5.21 Å². The SMILES string of the molecule is O=C(CC1=CCCCC1)N1CCC(O)(c2nn[nH]n2)CC1. The molecular weight excluding hydrogens is 270 g/mol. The van der Waals surface area contributed by atoms with Crippen molar-refractivity contribution in [3.8, 4) is 0 Å². The molecule has 21 heavy (non-hydrogen) atoms. The largest absolute Gasteiger partial charge is 0.382 e. The van der Waals surface area contributed by atoms with Crippen LogP contribution < -0.4 is 0 Å². The lowest BCUT2D eigenvalue weighted by atomic mass is 9.90. The van der Waals surface area contributed by atoms with E-state index in [1.165, 1.54) is 18.4 Å². The van der Waals surface area contributed by atoms with Gasteiger partial charge in [0, 0.05) is 32.4 Å². The number of carbonyl (C=O) groups is 1. The number of hydrogen-bond acceptors (Lipinski definition) is 5. The summed E-state index contributed by atoms with van der Waals surface area (Å²) < 4.78 is 0. The summed E-state index contributed by atoms with van der Waals surface area (Å²) in [6.45, 7) is 1.08. The molecule has 0 unspecified atom stereocenters. The van der Waals surface area contributed by atoms with E-state index in [2.05, 4.69) is 26.7 Å². The van der Waals surface area contributed by atoms with E-state index < -0.39 is 5.60 Å². The predicted octanol–water partition coefficient (Wildman–Crippen LogP) is 0.900. The number of aliphatic hydroxyl groups is 1. The molecule has 1 amide bonds. The number of aromatic nitrogens is 4. The number of nitrogens with zero attached hydrogens (tertiary/aromatic N) is 4. The van der Waals surface area contributed by atoms with Crippen molar-refractivity contribution in [1.82, 2.24) is 25.5 Å². The van der Waals surface area contributed by atoms with Crippen LogP contribution in [0.1, 0.15) is 50.8 Å². The van der Waals surface area contributed by atoms with Crippen LogP contribution in [0.15, 0.2) is 11.6 Å². The second-order valence-corrected chi connectivity index (χ2v) is 5.93. The van der Waals surface area contributed by atoms with Crippen LogP contribution in [0, 0.1) is 0 Å². The molecule has 0 atom stereocenters. The summed E-state index contributed by atoms with van der Waals surface area (Å²) in [7, 11) is 0. The maximum absolute atomic E-state index is 12.3. The Bertz CT molecular complexity index is 517. The fourth-order valence-corrected chi connectivity index (χ4v) is 3.08. The van der Waals surface area contributed by atoms with E-state index in [0.717, 1.165) is 12.8 Å². The van der Waals surface area contributed by atoms with Crippen LogP contribution in [0.25, 0.3) is 0 Å². The van der Waals surface area contributed by atoms with Gasteiger partial charge in [0.05, 0.1) is 0 Å². The standard InChI is InChI=1S/C14H21N5O2/c20-12(10-11-4-2-1-3-5-11)19-8-6-14(21,7-9-19)13-15-17-18-16-13/h4,21H,1-3,5-10H2,(H,15,16,17,18). The molecule has 1 fully saturated rings. The molecule has 2 N–H and O–H groups in total. The van der Waals surface area contributed by atoms with Crippen LogP contribution in [0.4, 0.5) is 0 Å². The van der Waals surface area contributed by atoms with E-state index in [0.29, 0.717) is 38.2 Å². The first-order valence-electron chi connectivity index (χ1n) is 7.59. The Labute approximate surface area is 123 Å². The monoisotopic (exact) mass is 291 g/mol. The molecule has 2 heterocycles. The first-order valence-corrected chi connectivity index (χ1v) is 7.59. The van der Waals surface area contributed by atoms with Crippen LogP contribution >= 0.6 is 0 Å². The number of aromatic amines is 1. The van der Waals surface area contributed by atoms with Gasteiger partial charge >= 0.3 is 0 Å². The van der Waals surface area contributed by atoms with Gasteiger partial charge in [-0.25, -0.2) is 0 Å². The van der Waals surface area contributed by atoms with E-state index in [4.69, 9.17) is 0 Å². The zero-order valence-corrected chi connectivity index (χ0v) is 12.1. The van der Waals surface area contributed by atoms with Crippen LogP contribution in [0.5, 0.6) is 0 Å². The van der Waals surface area contributed by atoms with E-state index in [1.807, 2.05) is 4.90 Å². The highest BCUT2D eigenvalue weighted by atomic mass is 16.3. The van der Waals surface area contributed by atoms with Gasteiger partial charge < -0.3 is 10.0 Å². The average molecular weight is 291 g/mol. The molecule has 0 radical (unpaired) electrons. The van der Waals surface area contributed by atoms with Gasteiger partial charge in [-0.3, -0.25) is 4.79 Å². The van der Waals surface area contributed by atoms with Crippen molar-refractivity contribution in [2.24, 2.45) is 0 Å². The highest BCUT2D eigenvalue weighted by Crippen LogP contribution is 2.30. The molecule has 0 saturated carbocycles. The minimum atomic E-state index is -1.06. The van der Waals surface area contributed by atoms with E-state index >= 15 is 0 Å². The Morgan fingerprint density at radius 3 is 2.81 bits per heavy atom. The van der Waals surface area contributed by atoms with Crippen molar-refractivity contribution in [2.75, 3.05) is 13.1 Å². The van der Waals surface area contributed by atoms with Gasteiger partial charge in [0.15, 0.2) is 0 Å². The van der Waals surface area contributed by atoms with E-state index in [1.54, 1.807) is 0 Å². The highest BCUT2D eigenvalue weighted by molar-refractivity contribution is 5.78. The zero-order chi connectivity index (χ0) is 14.7. The summed E-state index contributed by atoms with van der Waals surface area (Å²) >= 11 is 0. The maximum atomic E-state index is 12.3. The molecule has 1 aliphatic carbocycles. The van der Waals surface area contributed by atoms with Gasteiger partial charge in [-0.05, 0) is 25.7 Å². The van der Waals surface area contributed by atoms with Crippen molar-refractivity contribution in [3.05, 3.63) is 17.5 Å². The third-order valence-corrected chi connectivity index (χ3v) is 4.47. The maximum Gasteiger partial charge on any atom is 0.226 e. The lowest BCUT2D eigenvalue weighted by Gasteiger charge is -2.36. The first kappa shape index (κ1) is 14.2. The summed E-state index contributed by atoms with van der Waals surface area (Å²) in [6, 6.07) is 0. The van der Waals surface area contributed by atoms with Gasteiger partial charge in [-0.1, -0.05) is 16.9 Å². The molecule has 1 aliphatic heterocycles. The van der Waals surface area contributed by atoms with Gasteiger partial charge in [0.25, 0.3) is 0 Å². The first-order chi connectivity index (χ1) is 10.2. The molecule has 3 rings (SSSR count). The lowest BCUT2D eigenvalue weighted by molar-refractivity contribution is -0.135. The number of H-pyrrole nitrogens is 1. The highest BCUT2D eigenvalue weighted by Gasteiger charge is 2.38. The Morgan fingerprint density at radius 1 is 1.38 bits per heavy atom. The van der Waals surface area contributed by atoms with Gasteiger partial charge in [0.2, 0.25) is 11.7 Å². The third-order valence-electron chi connectivity index (χ3n) is 4.47. The van der Waals surface area contributed by atoms with Crippen molar-refractivity contribution in [2.45, 2.75) is 50.5 Å². The Kier molecular flexibility index (Phi) is 4.01. The van der Waals surface area contributed by atoms with Gasteiger partial charge in [-0.15, -0.1) is 10.2 Å². The van der Waals surface area contributed by atoms with Crippen LogP contribution in [-0.4, -0.2) is 49.6 Å². The van der Waals surface area contributed by atoms with E-state index in [9.17, 15) is 9.90 Å². The molecule has 0 spiro atoms. The summed E-state index contributed by atoms with van der Waals surface area (Å²) in [4.78, 5) is 14.2. The molecule has 0 aromatic carbocycles. The molecule has 1 saturated heterocycles. The van der Waals surface area contributed by atoms with Crippen LogP contribution in [0.2, 0.25) is 0 Å². The van der Waals surface area contributed by atoms with Crippen molar-refractivity contribution >= 4 is 5.91 Å². The number of tetrazole rings is 1. The fourth-order valence-electron chi connectivity index (χ4n) is 3.08. The third kappa shape index (κ3) is 3.12. The minimum absolute atomic E-state index is 0.165. The summed E-state index contributed by atoms with van der Waals surface area (Å²) in [5.74, 6) is 0.489. The Morgan fingerprint density at radius 2 is 2.19 bits per heavy atom. The summed E-state index contributed by atoms with van der Waals surface area (Å²) in [6.07, 6.45) is 8.22. The van der Waals surface area contributed by atoms with Crippen LogP contribution in [-0.2, 0) is 10.4 Å². The molecule has 7 heteroatoms. The number of nitrogens with one attached hydrogen (secondary N) is 1. The number of rotatable bonds is 3. The molecule has 114 valence electrons. The molecule has 2 aliphatic rings.